The van der Waals surface area contributed by atoms with Crippen molar-refractivity contribution < 1.29 is 27.1 Å². The van der Waals surface area contributed by atoms with Gasteiger partial charge in [-0.05, 0) is 55.8 Å². The normalized spacial score (nSPS) is 11.9. The predicted molar refractivity (Wildman–Crippen MR) is 139 cm³/mol. The fraction of sp³-hybridized carbons (Fsp3) is 0.259. The lowest BCUT2D eigenvalue weighted by atomic mass is 10.1. The van der Waals surface area contributed by atoms with Gasteiger partial charge in [-0.3, -0.25) is 13.9 Å². The molecule has 0 aromatic heterocycles. The zero-order chi connectivity index (χ0) is 27.2. The largest absolute Gasteiger partial charge is 0.495 e. The fourth-order valence-corrected chi connectivity index (χ4v) is 5.19. The molecular formula is C27H30FN3O5S. The molecule has 3 aromatic rings. The number of amides is 2. The van der Waals surface area contributed by atoms with Gasteiger partial charge in [-0.25, -0.2) is 12.8 Å². The van der Waals surface area contributed by atoms with Gasteiger partial charge in [0.2, 0.25) is 11.8 Å². The maximum atomic E-state index is 13.8. The summed E-state index contributed by atoms with van der Waals surface area (Å²) in [7, 11) is -1.35. The second-order valence-electron chi connectivity index (χ2n) is 8.43. The molecule has 0 aliphatic heterocycles. The molecular weight excluding hydrogens is 497 g/mol. The van der Waals surface area contributed by atoms with Crippen LogP contribution in [-0.2, 0) is 26.2 Å². The summed E-state index contributed by atoms with van der Waals surface area (Å²) in [6.45, 7) is 2.75. The highest BCUT2D eigenvalue weighted by Crippen LogP contribution is 2.32. The molecule has 3 rings (SSSR count). The quantitative estimate of drug-likeness (QED) is 0.436. The van der Waals surface area contributed by atoms with Crippen molar-refractivity contribution in [2.24, 2.45) is 0 Å². The van der Waals surface area contributed by atoms with E-state index in [4.69, 9.17) is 4.74 Å². The number of hydrogen-bond donors (Lipinski definition) is 1. The van der Waals surface area contributed by atoms with Crippen LogP contribution in [0.2, 0.25) is 0 Å². The number of halogens is 1. The molecule has 196 valence electrons. The number of aryl methyl sites for hydroxylation is 1. The zero-order valence-corrected chi connectivity index (χ0v) is 22.0. The van der Waals surface area contributed by atoms with Crippen molar-refractivity contribution in [3.05, 3.63) is 89.7 Å². The first kappa shape index (κ1) is 27.7. The summed E-state index contributed by atoms with van der Waals surface area (Å²) < 4.78 is 47.4. The minimum Gasteiger partial charge on any atom is -0.495 e. The smallest absolute Gasteiger partial charge is 0.264 e. The summed E-state index contributed by atoms with van der Waals surface area (Å²) in [4.78, 5) is 27.5. The van der Waals surface area contributed by atoms with Crippen LogP contribution in [0.1, 0.15) is 18.1 Å². The number of anilines is 1. The van der Waals surface area contributed by atoms with Crippen LogP contribution in [0, 0.1) is 12.7 Å². The van der Waals surface area contributed by atoms with Crippen LogP contribution < -0.4 is 14.4 Å². The topological polar surface area (TPSA) is 96.0 Å². The van der Waals surface area contributed by atoms with Crippen LogP contribution in [0.4, 0.5) is 10.1 Å². The number of nitrogens with one attached hydrogen (secondary N) is 1. The summed E-state index contributed by atoms with van der Waals surface area (Å²) in [6, 6.07) is 17.4. The van der Waals surface area contributed by atoms with Crippen molar-refractivity contribution >= 4 is 27.5 Å². The number of methoxy groups -OCH3 is 1. The van der Waals surface area contributed by atoms with Gasteiger partial charge in [-0.15, -0.1) is 0 Å². The Labute approximate surface area is 216 Å². The highest BCUT2D eigenvalue weighted by molar-refractivity contribution is 7.92. The fourth-order valence-electron chi connectivity index (χ4n) is 3.76. The van der Waals surface area contributed by atoms with Crippen molar-refractivity contribution in [1.82, 2.24) is 10.2 Å². The Morgan fingerprint density at radius 1 is 1.00 bits per heavy atom. The molecule has 0 heterocycles. The second kappa shape index (κ2) is 11.9. The van der Waals surface area contributed by atoms with Crippen molar-refractivity contribution in [3.8, 4) is 5.75 Å². The Kier molecular flexibility index (Phi) is 8.88. The van der Waals surface area contributed by atoms with Gasteiger partial charge in [0, 0.05) is 13.6 Å². The van der Waals surface area contributed by atoms with Crippen LogP contribution in [0.15, 0.2) is 77.7 Å². The number of ether oxygens (including phenoxy) is 1. The Hall–Kier alpha value is -3.92. The number of para-hydroxylation sites is 2. The summed E-state index contributed by atoms with van der Waals surface area (Å²) in [6.07, 6.45) is 0. The Balaban J connectivity index is 2.06. The van der Waals surface area contributed by atoms with Gasteiger partial charge < -0.3 is 15.0 Å². The van der Waals surface area contributed by atoms with E-state index in [0.717, 1.165) is 9.87 Å². The lowest BCUT2D eigenvalue weighted by Gasteiger charge is -2.32. The Morgan fingerprint density at radius 2 is 1.62 bits per heavy atom. The van der Waals surface area contributed by atoms with Gasteiger partial charge in [-0.2, -0.15) is 0 Å². The summed E-state index contributed by atoms with van der Waals surface area (Å²) >= 11 is 0. The third-order valence-electron chi connectivity index (χ3n) is 5.92. The molecule has 2 amide bonds. The third kappa shape index (κ3) is 6.45. The number of likely N-dealkylation sites (N-methyl/N-ethyl adjacent to an activating group) is 1. The standard InChI is InChI=1S/C27H30FN3O5S/c1-19-9-15-23(16-10-19)37(34,35)31(24-7-5-6-8-25(24)36-4)18-26(32)30(20(2)27(33)29-3)17-21-11-13-22(28)14-12-21/h5-16,20H,17-18H2,1-4H3,(H,29,33)/t20-/m0/s1. The SMILES string of the molecule is CNC(=O)[C@H](C)N(Cc1ccc(F)cc1)C(=O)CN(c1ccccc1OC)S(=O)(=O)c1ccc(C)cc1. The summed E-state index contributed by atoms with van der Waals surface area (Å²) in [5.41, 5.74) is 1.63. The molecule has 0 spiro atoms. The molecule has 37 heavy (non-hydrogen) atoms. The predicted octanol–water partition coefficient (Wildman–Crippen LogP) is 3.50. The van der Waals surface area contributed by atoms with Gasteiger partial charge in [-0.1, -0.05) is 42.0 Å². The van der Waals surface area contributed by atoms with Crippen molar-refractivity contribution in [3.63, 3.8) is 0 Å². The van der Waals surface area contributed by atoms with Gasteiger partial charge in [0.1, 0.15) is 24.2 Å². The molecule has 1 N–H and O–H groups in total. The molecule has 3 aromatic carbocycles. The number of carbonyl (C=O) groups is 2. The van der Waals surface area contributed by atoms with E-state index in [0.29, 0.717) is 5.56 Å². The first-order valence-electron chi connectivity index (χ1n) is 11.6. The van der Waals surface area contributed by atoms with Gasteiger partial charge in [0.15, 0.2) is 0 Å². The van der Waals surface area contributed by atoms with E-state index in [1.54, 1.807) is 43.3 Å². The third-order valence-corrected chi connectivity index (χ3v) is 7.70. The minimum absolute atomic E-state index is 0.00115. The molecule has 8 nitrogen and oxygen atoms in total. The summed E-state index contributed by atoms with van der Waals surface area (Å²) in [5.74, 6) is -1.23. The zero-order valence-electron chi connectivity index (χ0n) is 21.1. The lowest BCUT2D eigenvalue weighted by molar-refractivity contribution is -0.139. The first-order valence-corrected chi connectivity index (χ1v) is 13.0. The monoisotopic (exact) mass is 527 g/mol. The highest BCUT2D eigenvalue weighted by atomic mass is 32.2. The van der Waals surface area contributed by atoms with E-state index >= 15 is 0 Å². The highest BCUT2D eigenvalue weighted by Gasteiger charge is 2.33. The average Bonchev–Trinajstić information content (AvgIpc) is 2.90. The Morgan fingerprint density at radius 3 is 2.22 bits per heavy atom. The molecule has 1 atom stereocenters. The molecule has 0 aliphatic rings. The van der Waals surface area contributed by atoms with Crippen LogP contribution in [-0.4, -0.2) is 51.9 Å². The molecule has 0 saturated heterocycles. The van der Waals surface area contributed by atoms with Crippen LogP contribution >= 0.6 is 0 Å². The van der Waals surface area contributed by atoms with Gasteiger partial charge in [0.25, 0.3) is 10.0 Å². The van der Waals surface area contributed by atoms with E-state index in [9.17, 15) is 22.4 Å². The lowest BCUT2D eigenvalue weighted by Crippen LogP contribution is -2.50. The maximum Gasteiger partial charge on any atom is 0.264 e. The minimum atomic E-state index is -4.21. The number of rotatable bonds is 10. The van der Waals surface area contributed by atoms with Crippen LogP contribution in [0.25, 0.3) is 0 Å². The molecule has 0 fully saturated rings. The van der Waals surface area contributed by atoms with E-state index in [1.165, 1.54) is 55.5 Å². The molecule has 0 bridgehead atoms. The number of nitrogens with zero attached hydrogens (tertiary/aromatic N) is 2. The van der Waals surface area contributed by atoms with E-state index in [2.05, 4.69) is 5.32 Å². The first-order chi connectivity index (χ1) is 17.6. The molecule has 0 saturated carbocycles. The van der Waals surface area contributed by atoms with Crippen molar-refractivity contribution in [2.75, 3.05) is 25.0 Å². The second-order valence-corrected chi connectivity index (χ2v) is 10.3. The number of benzene rings is 3. The van der Waals surface area contributed by atoms with Crippen molar-refractivity contribution in [2.45, 2.75) is 31.3 Å². The van der Waals surface area contributed by atoms with Gasteiger partial charge >= 0.3 is 0 Å². The molecule has 0 aliphatic carbocycles. The Bertz CT molecular complexity index is 1350. The van der Waals surface area contributed by atoms with E-state index in [1.807, 2.05) is 6.92 Å². The number of carbonyl (C=O) groups excluding carboxylic acids is 2. The van der Waals surface area contributed by atoms with Gasteiger partial charge in [0.05, 0.1) is 17.7 Å². The number of sulfonamides is 1. The van der Waals surface area contributed by atoms with Crippen molar-refractivity contribution in [1.29, 1.82) is 0 Å². The molecule has 0 radical (unpaired) electrons. The summed E-state index contributed by atoms with van der Waals surface area (Å²) in [5, 5.41) is 2.51. The molecule has 0 unspecified atom stereocenters. The van der Waals surface area contributed by atoms with Crippen LogP contribution in [0.5, 0.6) is 5.75 Å². The van der Waals surface area contributed by atoms with Crippen LogP contribution in [0.3, 0.4) is 0 Å². The number of hydrogen-bond acceptors (Lipinski definition) is 5. The van der Waals surface area contributed by atoms with E-state index < -0.39 is 40.2 Å². The van der Waals surface area contributed by atoms with E-state index in [-0.39, 0.29) is 22.9 Å². The molecule has 10 heteroatoms. The maximum absolute atomic E-state index is 13.8. The average molecular weight is 528 g/mol.